The second-order valence-electron chi connectivity index (χ2n) is 5.55. The lowest BCUT2D eigenvalue weighted by molar-refractivity contribution is 0.180. The van der Waals surface area contributed by atoms with Crippen LogP contribution in [0.5, 0.6) is 0 Å². The predicted octanol–water partition coefficient (Wildman–Crippen LogP) is 3.89. The number of hydrogen-bond acceptors (Lipinski definition) is 4. The number of allylic oxidation sites excluding steroid dienone is 1. The monoisotopic (exact) mass is 336 g/mol. The third-order valence-corrected chi connectivity index (χ3v) is 4.06. The van der Waals surface area contributed by atoms with E-state index in [4.69, 9.17) is 14.8 Å². The van der Waals surface area contributed by atoms with Crippen molar-refractivity contribution in [3.63, 3.8) is 0 Å². The van der Waals surface area contributed by atoms with E-state index in [-0.39, 0.29) is 6.04 Å². The minimum absolute atomic E-state index is 0.224. The Hall–Kier alpha value is -1.40. The maximum Gasteiger partial charge on any atom is 0.182 e. The van der Waals surface area contributed by atoms with Crippen LogP contribution in [0.4, 0.5) is 0 Å². The van der Waals surface area contributed by atoms with Crippen LogP contribution in [0, 0.1) is 0 Å². The van der Waals surface area contributed by atoms with E-state index in [1.54, 1.807) is 14.2 Å². The van der Waals surface area contributed by atoms with Gasteiger partial charge in [-0.15, -0.1) is 0 Å². The highest BCUT2D eigenvalue weighted by Gasteiger charge is 2.23. The summed E-state index contributed by atoms with van der Waals surface area (Å²) < 4.78 is 7.34. The highest BCUT2D eigenvalue weighted by molar-refractivity contribution is 8.13. The zero-order valence-electron chi connectivity index (χ0n) is 15.3. The highest BCUT2D eigenvalue weighted by atomic mass is 32.2. The Morgan fingerprint density at radius 3 is 2.48 bits per heavy atom. The number of ether oxygens (including phenoxy) is 1. The number of aromatic nitrogens is 2. The summed E-state index contributed by atoms with van der Waals surface area (Å²) in [4.78, 5) is 8.96. The molecule has 1 aromatic rings. The van der Waals surface area contributed by atoms with Crippen LogP contribution in [0.2, 0.25) is 0 Å². The van der Waals surface area contributed by atoms with Crippen LogP contribution in [-0.2, 0) is 17.8 Å². The Labute approximate surface area is 143 Å². The molecule has 6 heteroatoms. The summed E-state index contributed by atoms with van der Waals surface area (Å²) in [6.07, 6.45) is 2.84. The summed E-state index contributed by atoms with van der Waals surface area (Å²) >= 11 is 1.52. The molecule has 1 heterocycles. The normalized spacial score (nSPS) is 13.0. The van der Waals surface area contributed by atoms with Crippen molar-refractivity contribution < 1.29 is 4.74 Å². The average Bonchev–Trinajstić information content (AvgIpc) is 2.87. The number of hydrogen-bond donors (Lipinski definition) is 0. The Balaban J connectivity index is 3.66. The van der Waals surface area contributed by atoms with Gasteiger partial charge in [0.25, 0.3) is 0 Å². The lowest BCUT2D eigenvalue weighted by atomic mass is 10.0. The number of nitrogens with zero attached hydrogens (tertiary/aromatic N) is 4. The minimum Gasteiger partial charge on any atom is -0.378 e. The topological polar surface area (TPSA) is 51.8 Å². The molecule has 5 nitrogen and oxygen atoms in total. The van der Waals surface area contributed by atoms with Crippen molar-refractivity contribution >= 4 is 22.6 Å². The highest BCUT2D eigenvalue weighted by Crippen LogP contribution is 2.24. The fourth-order valence-electron chi connectivity index (χ4n) is 2.40. The second kappa shape index (κ2) is 9.03. The molecule has 0 amide bonds. The van der Waals surface area contributed by atoms with Gasteiger partial charge in [-0.25, -0.2) is 4.99 Å². The third-order valence-electron chi connectivity index (χ3n) is 3.43. The van der Waals surface area contributed by atoms with Gasteiger partial charge in [0.15, 0.2) is 5.17 Å². The molecule has 128 valence electrons. The molecule has 0 unspecified atom stereocenters. The zero-order valence-corrected chi connectivity index (χ0v) is 16.1. The van der Waals surface area contributed by atoms with Gasteiger partial charge in [-0.2, -0.15) is 5.10 Å². The van der Waals surface area contributed by atoms with Crippen molar-refractivity contribution in [2.45, 2.75) is 46.8 Å². The Morgan fingerprint density at radius 1 is 1.43 bits per heavy atom. The third kappa shape index (κ3) is 4.54. The van der Waals surface area contributed by atoms with Crippen molar-refractivity contribution in [1.82, 2.24) is 9.78 Å². The van der Waals surface area contributed by atoms with Crippen LogP contribution in [0.25, 0.3) is 0 Å². The molecular weight excluding hydrogens is 308 g/mol. The van der Waals surface area contributed by atoms with E-state index in [1.165, 1.54) is 17.3 Å². The van der Waals surface area contributed by atoms with Gasteiger partial charge in [0.2, 0.25) is 0 Å². The van der Waals surface area contributed by atoms with Gasteiger partial charge in [-0.3, -0.25) is 9.67 Å². The summed E-state index contributed by atoms with van der Waals surface area (Å²) in [5.41, 5.74) is 4.91. The summed E-state index contributed by atoms with van der Waals surface area (Å²) in [7, 11) is 3.44. The van der Waals surface area contributed by atoms with Crippen molar-refractivity contribution in [2.75, 3.05) is 20.4 Å². The molecule has 0 radical (unpaired) electrons. The van der Waals surface area contributed by atoms with E-state index in [0.717, 1.165) is 34.3 Å². The van der Waals surface area contributed by atoms with Gasteiger partial charge in [0, 0.05) is 25.8 Å². The molecule has 1 aromatic heterocycles. The zero-order chi connectivity index (χ0) is 17.6. The van der Waals surface area contributed by atoms with Crippen LogP contribution in [0.15, 0.2) is 22.1 Å². The predicted molar refractivity (Wildman–Crippen MR) is 101 cm³/mol. The molecule has 0 saturated heterocycles. The quantitative estimate of drug-likeness (QED) is 0.585. The lowest BCUT2D eigenvalue weighted by Gasteiger charge is -2.15. The number of amidine groups is 1. The lowest BCUT2D eigenvalue weighted by Crippen LogP contribution is -2.16. The van der Waals surface area contributed by atoms with E-state index in [0.29, 0.717) is 6.61 Å². The Kier molecular flexibility index (Phi) is 7.72. The van der Waals surface area contributed by atoms with Crippen LogP contribution in [0.1, 0.15) is 50.7 Å². The second-order valence-corrected chi connectivity index (χ2v) is 6.32. The van der Waals surface area contributed by atoms with E-state index < -0.39 is 0 Å². The van der Waals surface area contributed by atoms with Crippen molar-refractivity contribution in [3.05, 3.63) is 29.1 Å². The van der Waals surface area contributed by atoms with E-state index in [9.17, 15) is 0 Å². The molecule has 0 aromatic carbocycles. The molecule has 0 aliphatic carbocycles. The molecule has 1 rings (SSSR count). The van der Waals surface area contributed by atoms with Crippen molar-refractivity contribution in [1.29, 1.82) is 0 Å². The van der Waals surface area contributed by atoms with E-state index in [1.807, 2.05) is 17.9 Å². The summed E-state index contributed by atoms with van der Waals surface area (Å²) in [6, 6.07) is 0.224. The van der Waals surface area contributed by atoms with Crippen LogP contribution >= 0.6 is 11.8 Å². The van der Waals surface area contributed by atoms with E-state index in [2.05, 4.69) is 32.3 Å². The summed E-state index contributed by atoms with van der Waals surface area (Å²) in [5.74, 6) is 0. The maximum atomic E-state index is 5.32. The molecule has 23 heavy (non-hydrogen) atoms. The smallest absolute Gasteiger partial charge is 0.182 e. The molecule has 0 fully saturated rings. The first kappa shape index (κ1) is 19.6. The van der Waals surface area contributed by atoms with Gasteiger partial charge < -0.3 is 4.74 Å². The maximum absolute atomic E-state index is 5.32. The van der Waals surface area contributed by atoms with Crippen LogP contribution < -0.4 is 0 Å². The first-order valence-corrected chi connectivity index (χ1v) is 8.98. The molecule has 0 atom stereocenters. The molecule has 0 spiro atoms. The Morgan fingerprint density at radius 2 is 2.09 bits per heavy atom. The van der Waals surface area contributed by atoms with Gasteiger partial charge >= 0.3 is 0 Å². The van der Waals surface area contributed by atoms with Gasteiger partial charge in [-0.1, -0.05) is 25.3 Å². The van der Waals surface area contributed by atoms with Crippen molar-refractivity contribution in [2.24, 2.45) is 9.98 Å². The fraction of sp³-hybridized carbons (Fsp3) is 0.588. The number of thioether (sulfide) groups is 1. The first-order chi connectivity index (χ1) is 10.9. The molecule has 0 aliphatic rings. The largest absolute Gasteiger partial charge is 0.378 e. The van der Waals surface area contributed by atoms with Gasteiger partial charge in [0.1, 0.15) is 0 Å². The molecule has 0 bridgehead atoms. The van der Waals surface area contributed by atoms with Crippen LogP contribution in [0.3, 0.4) is 0 Å². The SMILES string of the molecule is C=C(C)/C(=N\C(=NC)SC)c1c(CC)c(COC)nn1C(C)C. The van der Waals surface area contributed by atoms with Crippen LogP contribution in [-0.4, -0.2) is 41.1 Å². The number of methoxy groups -OCH3 is 1. The number of aliphatic imine (C=N–C) groups is 2. The number of rotatable bonds is 6. The van der Waals surface area contributed by atoms with Gasteiger partial charge in [0.05, 0.1) is 23.7 Å². The first-order valence-electron chi connectivity index (χ1n) is 7.76. The van der Waals surface area contributed by atoms with Gasteiger partial charge in [-0.05, 0) is 39.0 Å². The molecule has 0 saturated carbocycles. The standard InChI is InChI=1S/C17H28N4OS/c1-9-13-14(10-22-7)20-21(12(4)5)16(13)15(11(2)3)19-17(18-6)23-8/h12H,2,9-10H2,1,3-8H3/b18-17?,19-15+. The Bertz CT molecular complexity index is 614. The molecular formula is C17H28N4OS. The minimum atomic E-state index is 0.224. The summed E-state index contributed by atoms with van der Waals surface area (Å²) in [5, 5.41) is 5.49. The average molecular weight is 337 g/mol. The fourth-order valence-corrected chi connectivity index (χ4v) is 2.76. The molecule has 0 aliphatic heterocycles. The van der Waals surface area contributed by atoms with E-state index >= 15 is 0 Å². The molecule has 0 N–H and O–H groups in total. The summed E-state index contributed by atoms with van der Waals surface area (Å²) in [6.45, 7) is 12.9. The van der Waals surface area contributed by atoms with Crippen molar-refractivity contribution in [3.8, 4) is 0 Å².